The molecule has 0 aliphatic rings. The molecule has 0 radical (unpaired) electrons. The molecular formula is C18H15N3O4. The zero-order chi connectivity index (χ0) is 17.8. The number of nitrogens with zero attached hydrogens (tertiary/aromatic N) is 2. The lowest BCUT2D eigenvalue weighted by Gasteiger charge is -2.05. The van der Waals surface area contributed by atoms with Crippen molar-refractivity contribution in [1.29, 1.82) is 0 Å². The van der Waals surface area contributed by atoms with Crippen molar-refractivity contribution in [2.75, 3.05) is 0 Å². The molecule has 2 heterocycles. The first kappa shape index (κ1) is 16.4. The van der Waals surface area contributed by atoms with Crippen LogP contribution in [-0.4, -0.2) is 16.2 Å². The molecule has 126 valence electrons. The molecule has 7 nitrogen and oxygen atoms in total. The number of hydrazone groups is 1. The lowest BCUT2D eigenvalue weighted by Crippen LogP contribution is -2.29. The highest BCUT2D eigenvalue weighted by atomic mass is 16.4. The first-order valence-corrected chi connectivity index (χ1v) is 7.56. The minimum absolute atomic E-state index is 0.164. The molecule has 0 saturated carbocycles. The van der Waals surface area contributed by atoms with Crippen LogP contribution < -0.4 is 16.6 Å². The van der Waals surface area contributed by atoms with Crippen molar-refractivity contribution in [3.05, 3.63) is 81.1 Å². The Morgan fingerprint density at radius 2 is 1.92 bits per heavy atom. The van der Waals surface area contributed by atoms with E-state index in [9.17, 15) is 14.4 Å². The summed E-state index contributed by atoms with van der Waals surface area (Å²) in [5.74, 6) is -0.474. The van der Waals surface area contributed by atoms with Crippen molar-refractivity contribution in [2.45, 2.75) is 13.5 Å². The van der Waals surface area contributed by atoms with E-state index >= 15 is 0 Å². The molecule has 1 N–H and O–H groups in total. The van der Waals surface area contributed by atoms with Gasteiger partial charge in [-0.25, -0.2) is 10.2 Å². The summed E-state index contributed by atoms with van der Waals surface area (Å²) in [6.07, 6.45) is 1.51. The molecule has 0 aliphatic carbocycles. The molecule has 7 heteroatoms. The molecule has 0 bridgehead atoms. The Balaban J connectivity index is 1.79. The second-order valence-corrected chi connectivity index (χ2v) is 5.38. The molecular weight excluding hydrogens is 322 g/mol. The third kappa shape index (κ3) is 3.72. The van der Waals surface area contributed by atoms with E-state index in [-0.39, 0.29) is 17.7 Å². The van der Waals surface area contributed by atoms with Crippen molar-refractivity contribution >= 4 is 22.6 Å². The van der Waals surface area contributed by atoms with Crippen LogP contribution in [-0.2, 0) is 11.3 Å². The van der Waals surface area contributed by atoms with Gasteiger partial charge in [0.2, 0.25) is 0 Å². The predicted molar refractivity (Wildman–Crippen MR) is 93.5 cm³/mol. The number of rotatable bonds is 4. The Bertz CT molecular complexity index is 1080. The van der Waals surface area contributed by atoms with E-state index in [1.165, 1.54) is 16.8 Å². The van der Waals surface area contributed by atoms with Crippen LogP contribution >= 0.6 is 0 Å². The fourth-order valence-electron chi connectivity index (χ4n) is 2.30. The number of hydrogen-bond donors (Lipinski definition) is 1. The van der Waals surface area contributed by atoms with E-state index in [0.717, 1.165) is 5.39 Å². The molecule has 1 aromatic carbocycles. The number of aromatic nitrogens is 1. The maximum Gasteiger partial charge on any atom is 0.345 e. The van der Waals surface area contributed by atoms with Gasteiger partial charge in [0.05, 0.1) is 11.3 Å². The number of amides is 1. The molecule has 0 atom stereocenters. The van der Waals surface area contributed by atoms with E-state index < -0.39 is 11.5 Å². The number of nitrogens with one attached hydrogen (secondary N) is 1. The number of para-hydroxylation sites is 1. The van der Waals surface area contributed by atoms with Gasteiger partial charge < -0.3 is 8.98 Å². The Kier molecular flexibility index (Phi) is 4.56. The third-order valence-corrected chi connectivity index (χ3v) is 3.59. The van der Waals surface area contributed by atoms with Gasteiger partial charge in [0.15, 0.2) is 0 Å². The molecule has 1 amide bonds. The van der Waals surface area contributed by atoms with Gasteiger partial charge in [-0.05, 0) is 25.1 Å². The topological polar surface area (TPSA) is 93.7 Å². The molecule has 0 unspecified atom stereocenters. The molecule has 2 aromatic heterocycles. The Hall–Kier alpha value is -3.48. The van der Waals surface area contributed by atoms with Crippen molar-refractivity contribution < 1.29 is 9.21 Å². The summed E-state index contributed by atoms with van der Waals surface area (Å²) in [5, 5.41) is 4.69. The summed E-state index contributed by atoms with van der Waals surface area (Å²) < 4.78 is 6.49. The van der Waals surface area contributed by atoms with Crippen LogP contribution in [0.5, 0.6) is 0 Å². The van der Waals surface area contributed by atoms with Gasteiger partial charge in [0.25, 0.3) is 11.5 Å². The number of fused-ring (bicyclic) bond motifs is 1. The van der Waals surface area contributed by atoms with E-state index in [1.807, 2.05) is 12.1 Å². The maximum absolute atomic E-state index is 12.0. The molecule has 0 spiro atoms. The summed E-state index contributed by atoms with van der Waals surface area (Å²) in [7, 11) is 0. The van der Waals surface area contributed by atoms with Crippen LogP contribution in [0.1, 0.15) is 12.5 Å². The summed E-state index contributed by atoms with van der Waals surface area (Å²) in [6.45, 7) is 1.43. The fourth-order valence-corrected chi connectivity index (χ4v) is 2.30. The minimum Gasteiger partial charge on any atom is -0.422 e. The zero-order valence-corrected chi connectivity index (χ0v) is 13.4. The molecule has 0 saturated heterocycles. The van der Waals surface area contributed by atoms with Gasteiger partial charge in [-0.3, -0.25) is 9.59 Å². The number of carbonyl (C=O) groups excluding carboxylic acids is 1. The van der Waals surface area contributed by atoms with E-state index in [4.69, 9.17) is 4.42 Å². The molecule has 25 heavy (non-hydrogen) atoms. The standard InChI is InChI=1S/C18H15N3O4/c1-12(14-10-13-6-2-3-7-15(13)25-18(14)24)19-20-16(22)11-21-9-5-4-8-17(21)23/h2-10H,11H2,1H3,(H,20,22)/b19-12-. The van der Waals surface area contributed by atoms with Gasteiger partial charge in [0.1, 0.15) is 12.1 Å². The molecule has 3 rings (SSSR count). The highest BCUT2D eigenvalue weighted by molar-refractivity contribution is 6.00. The second-order valence-electron chi connectivity index (χ2n) is 5.38. The molecule has 0 fully saturated rings. The summed E-state index contributed by atoms with van der Waals surface area (Å²) in [5.41, 5.74) is 2.58. The first-order chi connectivity index (χ1) is 12.0. The van der Waals surface area contributed by atoms with E-state index in [2.05, 4.69) is 10.5 Å². The summed E-state index contributed by atoms with van der Waals surface area (Å²) in [6, 6.07) is 13.4. The van der Waals surface area contributed by atoms with Crippen molar-refractivity contribution in [3.8, 4) is 0 Å². The number of benzene rings is 1. The monoisotopic (exact) mass is 337 g/mol. The van der Waals surface area contributed by atoms with Crippen LogP contribution in [0.3, 0.4) is 0 Å². The average Bonchev–Trinajstić information content (AvgIpc) is 2.61. The lowest BCUT2D eigenvalue weighted by atomic mass is 10.1. The second kappa shape index (κ2) is 6.96. The SMILES string of the molecule is C/C(=N/NC(=O)Cn1ccccc1=O)c1cc2ccccc2oc1=O. The number of hydrogen-bond acceptors (Lipinski definition) is 5. The lowest BCUT2D eigenvalue weighted by molar-refractivity contribution is -0.121. The number of pyridine rings is 1. The Labute approximate surface area is 142 Å². The largest absolute Gasteiger partial charge is 0.422 e. The fraction of sp³-hybridized carbons (Fsp3) is 0.111. The van der Waals surface area contributed by atoms with Crippen molar-refractivity contribution in [2.24, 2.45) is 5.10 Å². The van der Waals surface area contributed by atoms with Gasteiger partial charge in [0, 0.05) is 17.6 Å². The summed E-state index contributed by atoms with van der Waals surface area (Å²) in [4.78, 5) is 35.5. The van der Waals surface area contributed by atoms with Gasteiger partial charge in [-0.15, -0.1) is 0 Å². The Morgan fingerprint density at radius 1 is 1.16 bits per heavy atom. The van der Waals surface area contributed by atoms with E-state index in [0.29, 0.717) is 11.3 Å². The van der Waals surface area contributed by atoms with Gasteiger partial charge in [-0.2, -0.15) is 5.10 Å². The van der Waals surface area contributed by atoms with Crippen molar-refractivity contribution in [3.63, 3.8) is 0 Å². The molecule has 0 aliphatic heterocycles. The first-order valence-electron chi connectivity index (χ1n) is 7.56. The number of carbonyl (C=O) groups is 1. The third-order valence-electron chi connectivity index (χ3n) is 3.59. The quantitative estimate of drug-likeness (QED) is 0.443. The maximum atomic E-state index is 12.0. The van der Waals surface area contributed by atoms with Gasteiger partial charge >= 0.3 is 5.63 Å². The smallest absolute Gasteiger partial charge is 0.345 e. The van der Waals surface area contributed by atoms with Crippen LogP contribution in [0.25, 0.3) is 11.0 Å². The predicted octanol–water partition coefficient (Wildman–Crippen LogP) is 1.50. The normalized spacial score (nSPS) is 11.5. The minimum atomic E-state index is -0.534. The average molecular weight is 337 g/mol. The highest BCUT2D eigenvalue weighted by Gasteiger charge is 2.09. The van der Waals surface area contributed by atoms with Crippen LogP contribution in [0.15, 0.2) is 73.8 Å². The zero-order valence-electron chi connectivity index (χ0n) is 13.4. The highest BCUT2D eigenvalue weighted by Crippen LogP contribution is 2.12. The van der Waals surface area contributed by atoms with Crippen LogP contribution in [0, 0.1) is 0 Å². The van der Waals surface area contributed by atoms with Gasteiger partial charge in [-0.1, -0.05) is 24.3 Å². The van der Waals surface area contributed by atoms with E-state index in [1.54, 1.807) is 37.3 Å². The molecule has 3 aromatic rings. The van der Waals surface area contributed by atoms with Crippen molar-refractivity contribution in [1.82, 2.24) is 9.99 Å². The van der Waals surface area contributed by atoms with Crippen LogP contribution in [0.4, 0.5) is 0 Å². The van der Waals surface area contributed by atoms with Crippen LogP contribution in [0.2, 0.25) is 0 Å². The summed E-state index contributed by atoms with van der Waals surface area (Å²) >= 11 is 0. The Morgan fingerprint density at radius 3 is 2.72 bits per heavy atom.